The van der Waals surface area contributed by atoms with Crippen LogP contribution in [0, 0.1) is 5.92 Å². The molecular formula is C15H21N3O. The van der Waals surface area contributed by atoms with Crippen LogP contribution in [0.2, 0.25) is 0 Å². The van der Waals surface area contributed by atoms with E-state index in [2.05, 4.69) is 28.7 Å². The lowest BCUT2D eigenvalue weighted by molar-refractivity contribution is 0.340. The topological polar surface area (TPSA) is 39.1 Å². The van der Waals surface area contributed by atoms with Gasteiger partial charge in [-0.05, 0) is 25.0 Å². The van der Waals surface area contributed by atoms with E-state index in [9.17, 15) is 0 Å². The zero-order valence-corrected chi connectivity index (χ0v) is 11.8. The molecule has 4 nitrogen and oxygen atoms in total. The summed E-state index contributed by atoms with van der Waals surface area (Å²) in [5.74, 6) is 2.32. The minimum Gasteiger partial charge on any atom is -0.494 e. The van der Waals surface area contributed by atoms with Gasteiger partial charge in [0.2, 0.25) is 5.95 Å². The minimum absolute atomic E-state index is 0.588. The Morgan fingerprint density at radius 1 is 1.37 bits per heavy atom. The zero-order chi connectivity index (χ0) is 13.7. The highest BCUT2D eigenvalue weighted by molar-refractivity contribution is 5.56. The number of rotatable bonds is 6. The molecule has 0 atom stereocenters. The Hall–Kier alpha value is -1.97. The molecule has 0 aliphatic rings. The molecule has 0 spiro atoms. The standard InChI is InChI=1S/C15H21N3O/c1-4-19-14-7-5-6-13(10-14)17-15-16-8-9-18(15)11-12(2)3/h5-10,12H,4,11H2,1-3H3,(H,16,17). The van der Waals surface area contributed by atoms with Gasteiger partial charge in [0.05, 0.1) is 6.61 Å². The third-order valence-electron chi connectivity index (χ3n) is 2.68. The molecule has 0 unspecified atom stereocenters. The normalized spacial score (nSPS) is 10.7. The first-order valence-electron chi connectivity index (χ1n) is 6.70. The molecule has 0 aliphatic carbocycles. The summed E-state index contributed by atoms with van der Waals surface area (Å²) in [6, 6.07) is 7.92. The molecular weight excluding hydrogens is 238 g/mol. The quantitative estimate of drug-likeness (QED) is 0.860. The monoisotopic (exact) mass is 259 g/mol. The van der Waals surface area contributed by atoms with E-state index in [0.29, 0.717) is 12.5 Å². The van der Waals surface area contributed by atoms with Crippen molar-refractivity contribution in [3.05, 3.63) is 36.7 Å². The maximum absolute atomic E-state index is 5.49. The van der Waals surface area contributed by atoms with Crippen LogP contribution in [0.15, 0.2) is 36.7 Å². The second-order valence-corrected chi connectivity index (χ2v) is 4.88. The van der Waals surface area contributed by atoms with E-state index in [1.165, 1.54) is 0 Å². The van der Waals surface area contributed by atoms with Crippen molar-refractivity contribution in [1.29, 1.82) is 0 Å². The molecule has 1 N–H and O–H groups in total. The lowest BCUT2D eigenvalue weighted by Crippen LogP contribution is -2.07. The summed E-state index contributed by atoms with van der Waals surface area (Å²) in [6.07, 6.45) is 3.81. The Bertz CT molecular complexity index is 520. The fraction of sp³-hybridized carbons (Fsp3) is 0.400. The molecule has 0 saturated heterocycles. The van der Waals surface area contributed by atoms with Crippen molar-refractivity contribution in [3.63, 3.8) is 0 Å². The Morgan fingerprint density at radius 3 is 2.95 bits per heavy atom. The number of ether oxygens (including phenoxy) is 1. The number of aromatic nitrogens is 2. The SMILES string of the molecule is CCOc1cccc(Nc2nccn2CC(C)C)c1. The van der Waals surface area contributed by atoms with Gasteiger partial charge < -0.3 is 14.6 Å². The van der Waals surface area contributed by atoms with Crippen molar-refractivity contribution < 1.29 is 4.74 Å². The highest BCUT2D eigenvalue weighted by Gasteiger charge is 2.05. The molecule has 1 heterocycles. The summed E-state index contributed by atoms with van der Waals surface area (Å²) < 4.78 is 7.62. The second kappa shape index (κ2) is 6.27. The highest BCUT2D eigenvalue weighted by Crippen LogP contribution is 2.21. The van der Waals surface area contributed by atoms with Crippen LogP contribution in [0.1, 0.15) is 20.8 Å². The molecule has 4 heteroatoms. The molecule has 0 bridgehead atoms. The summed E-state index contributed by atoms with van der Waals surface area (Å²) in [7, 11) is 0. The molecule has 0 saturated carbocycles. The maximum atomic E-state index is 5.49. The number of hydrogen-bond donors (Lipinski definition) is 1. The molecule has 0 fully saturated rings. The van der Waals surface area contributed by atoms with Crippen molar-refractivity contribution in [2.75, 3.05) is 11.9 Å². The molecule has 19 heavy (non-hydrogen) atoms. The van der Waals surface area contributed by atoms with Crippen LogP contribution in [0.3, 0.4) is 0 Å². The molecule has 0 aliphatic heterocycles. The van der Waals surface area contributed by atoms with Gasteiger partial charge in [0.15, 0.2) is 0 Å². The lowest BCUT2D eigenvalue weighted by Gasteiger charge is -2.12. The van der Waals surface area contributed by atoms with E-state index in [-0.39, 0.29) is 0 Å². The number of benzene rings is 1. The average Bonchev–Trinajstić information content (AvgIpc) is 2.77. The fourth-order valence-corrected chi connectivity index (χ4v) is 1.93. The fourth-order valence-electron chi connectivity index (χ4n) is 1.93. The molecule has 0 amide bonds. The van der Waals surface area contributed by atoms with Crippen molar-refractivity contribution in [1.82, 2.24) is 9.55 Å². The van der Waals surface area contributed by atoms with Crippen LogP contribution in [0.5, 0.6) is 5.75 Å². The number of anilines is 2. The molecule has 2 rings (SSSR count). The van der Waals surface area contributed by atoms with Crippen LogP contribution >= 0.6 is 0 Å². The van der Waals surface area contributed by atoms with Crippen molar-refractivity contribution in [3.8, 4) is 5.75 Å². The van der Waals surface area contributed by atoms with Gasteiger partial charge >= 0.3 is 0 Å². The average molecular weight is 259 g/mol. The maximum Gasteiger partial charge on any atom is 0.207 e. The zero-order valence-electron chi connectivity index (χ0n) is 11.8. The summed E-state index contributed by atoms with van der Waals surface area (Å²) in [5.41, 5.74) is 0.988. The van der Waals surface area contributed by atoms with Crippen LogP contribution in [0.25, 0.3) is 0 Å². The third-order valence-corrected chi connectivity index (χ3v) is 2.68. The smallest absolute Gasteiger partial charge is 0.207 e. The van der Waals surface area contributed by atoms with Crippen LogP contribution in [0.4, 0.5) is 11.6 Å². The van der Waals surface area contributed by atoms with Crippen molar-refractivity contribution in [2.24, 2.45) is 5.92 Å². The largest absolute Gasteiger partial charge is 0.494 e. The number of hydrogen-bond acceptors (Lipinski definition) is 3. The van der Waals surface area contributed by atoms with E-state index < -0.39 is 0 Å². The lowest BCUT2D eigenvalue weighted by atomic mass is 10.2. The van der Waals surface area contributed by atoms with Gasteiger partial charge in [-0.2, -0.15) is 0 Å². The summed E-state index contributed by atoms with van der Waals surface area (Å²) in [4.78, 5) is 4.35. The van der Waals surface area contributed by atoms with Gasteiger partial charge in [0.1, 0.15) is 5.75 Å². The number of nitrogens with one attached hydrogen (secondary N) is 1. The Kier molecular flexibility index (Phi) is 4.44. The molecule has 1 aromatic heterocycles. The molecule has 1 aromatic carbocycles. The Balaban J connectivity index is 2.12. The Morgan fingerprint density at radius 2 is 2.21 bits per heavy atom. The first-order valence-corrected chi connectivity index (χ1v) is 6.70. The van der Waals surface area contributed by atoms with E-state index in [1.807, 2.05) is 43.6 Å². The Labute approximate surface area is 114 Å². The minimum atomic E-state index is 0.588. The van der Waals surface area contributed by atoms with E-state index in [1.54, 1.807) is 0 Å². The third kappa shape index (κ3) is 3.74. The summed E-state index contributed by atoms with van der Waals surface area (Å²) in [6.45, 7) is 7.99. The predicted molar refractivity (Wildman–Crippen MR) is 78.0 cm³/mol. The van der Waals surface area contributed by atoms with E-state index in [0.717, 1.165) is 23.9 Å². The first kappa shape index (κ1) is 13.5. The van der Waals surface area contributed by atoms with Crippen molar-refractivity contribution >= 4 is 11.6 Å². The molecule has 0 radical (unpaired) electrons. The van der Waals surface area contributed by atoms with Crippen LogP contribution < -0.4 is 10.1 Å². The molecule has 102 valence electrons. The van der Waals surface area contributed by atoms with Crippen LogP contribution in [-0.2, 0) is 6.54 Å². The van der Waals surface area contributed by atoms with E-state index >= 15 is 0 Å². The summed E-state index contributed by atoms with van der Waals surface area (Å²) >= 11 is 0. The molecule has 2 aromatic rings. The van der Waals surface area contributed by atoms with Crippen LogP contribution in [-0.4, -0.2) is 16.2 Å². The first-order chi connectivity index (χ1) is 9.19. The van der Waals surface area contributed by atoms with Gasteiger partial charge in [-0.1, -0.05) is 19.9 Å². The second-order valence-electron chi connectivity index (χ2n) is 4.88. The number of nitrogens with zero attached hydrogens (tertiary/aromatic N) is 2. The van der Waals surface area contributed by atoms with Gasteiger partial charge in [-0.3, -0.25) is 0 Å². The van der Waals surface area contributed by atoms with Gasteiger partial charge in [-0.15, -0.1) is 0 Å². The van der Waals surface area contributed by atoms with E-state index in [4.69, 9.17) is 4.74 Å². The van der Waals surface area contributed by atoms with Crippen molar-refractivity contribution in [2.45, 2.75) is 27.3 Å². The van der Waals surface area contributed by atoms with Gasteiger partial charge in [0, 0.05) is 30.7 Å². The predicted octanol–water partition coefficient (Wildman–Crippen LogP) is 3.68. The summed E-state index contributed by atoms with van der Waals surface area (Å²) in [5, 5.41) is 3.33. The van der Waals surface area contributed by atoms with Gasteiger partial charge in [0.25, 0.3) is 0 Å². The number of imidazole rings is 1. The van der Waals surface area contributed by atoms with Gasteiger partial charge in [-0.25, -0.2) is 4.98 Å². The highest BCUT2D eigenvalue weighted by atomic mass is 16.5.